The predicted octanol–water partition coefficient (Wildman–Crippen LogP) is 1.96. The van der Waals surface area contributed by atoms with Gasteiger partial charge >= 0.3 is 0 Å². The molecule has 1 saturated carbocycles. The van der Waals surface area contributed by atoms with Crippen molar-refractivity contribution in [1.82, 2.24) is 4.90 Å². The van der Waals surface area contributed by atoms with Crippen LogP contribution >= 0.6 is 0 Å². The van der Waals surface area contributed by atoms with Crippen molar-refractivity contribution in [3.8, 4) is 5.75 Å². The van der Waals surface area contributed by atoms with Crippen LogP contribution in [-0.4, -0.2) is 58.0 Å². The summed E-state index contributed by atoms with van der Waals surface area (Å²) < 4.78 is 5.50. The number of piperidine rings is 1. The topological polar surface area (TPSA) is 96.1 Å². The summed E-state index contributed by atoms with van der Waals surface area (Å²) in [6.07, 6.45) is 4.30. The number of aliphatic hydroxyl groups excluding tert-OH is 1. The second kappa shape index (κ2) is 7.68. The van der Waals surface area contributed by atoms with E-state index >= 15 is 0 Å². The summed E-state index contributed by atoms with van der Waals surface area (Å²) in [7, 11) is 0. The maximum Gasteiger partial charge on any atom is 0.273 e. The zero-order valence-electron chi connectivity index (χ0n) is 14.3. The summed E-state index contributed by atoms with van der Waals surface area (Å²) in [5, 5.41) is 31.7. The molecule has 3 atom stereocenters. The van der Waals surface area contributed by atoms with Crippen LogP contribution in [0.1, 0.15) is 32.1 Å². The van der Waals surface area contributed by atoms with Crippen molar-refractivity contribution in [3.05, 3.63) is 34.4 Å². The molecule has 1 saturated heterocycles. The number of β-amino-alcohol motifs (C(OH)–C–C–N with tert-alkyl or cyclic N) is 1. The molecule has 25 heavy (non-hydrogen) atoms. The van der Waals surface area contributed by atoms with E-state index in [9.17, 15) is 20.3 Å². The van der Waals surface area contributed by atoms with Crippen molar-refractivity contribution >= 4 is 5.69 Å². The number of nitro benzene ring substituents is 1. The van der Waals surface area contributed by atoms with Crippen LogP contribution in [0.2, 0.25) is 0 Å². The first-order valence-corrected chi connectivity index (χ1v) is 8.96. The van der Waals surface area contributed by atoms with Crippen LogP contribution in [0.3, 0.4) is 0 Å². The van der Waals surface area contributed by atoms with Gasteiger partial charge in [-0.3, -0.25) is 10.1 Å². The fourth-order valence-electron chi connectivity index (χ4n) is 4.04. The van der Waals surface area contributed by atoms with E-state index in [1.165, 1.54) is 18.6 Å². The number of non-ortho nitro benzene ring substituents is 1. The van der Waals surface area contributed by atoms with E-state index in [-0.39, 0.29) is 12.3 Å². The Morgan fingerprint density at radius 3 is 3.04 bits per heavy atom. The highest BCUT2D eigenvalue weighted by atomic mass is 16.6. The number of rotatable bonds is 6. The quantitative estimate of drug-likeness (QED) is 0.601. The van der Waals surface area contributed by atoms with Gasteiger partial charge in [0.05, 0.1) is 16.6 Å². The van der Waals surface area contributed by atoms with Crippen molar-refractivity contribution in [3.63, 3.8) is 0 Å². The van der Waals surface area contributed by atoms with Gasteiger partial charge in [-0.25, -0.2) is 0 Å². The SMILES string of the molecule is O=[N+]([O-])c1cccc(OCC(O)CN2CCC3(O)CCCCC3C2)c1. The largest absolute Gasteiger partial charge is 0.491 e. The number of nitrogens with zero attached hydrogens (tertiary/aromatic N) is 2. The highest BCUT2D eigenvalue weighted by Gasteiger charge is 2.42. The third-order valence-corrected chi connectivity index (χ3v) is 5.45. The van der Waals surface area contributed by atoms with Crippen LogP contribution < -0.4 is 4.74 Å². The number of likely N-dealkylation sites (tertiary alicyclic amines) is 1. The van der Waals surface area contributed by atoms with Crippen LogP contribution in [0.5, 0.6) is 5.75 Å². The fourth-order valence-corrected chi connectivity index (χ4v) is 4.04. The van der Waals surface area contributed by atoms with E-state index in [1.54, 1.807) is 12.1 Å². The van der Waals surface area contributed by atoms with Gasteiger partial charge < -0.3 is 19.8 Å². The molecule has 3 rings (SSSR count). The minimum atomic E-state index is -0.672. The van der Waals surface area contributed by atoms with Crippen LogP contribution in [0.25, 0.3) is 0 Å². The Morgan fingerprint density at radius 2 is 2.24 bits per heavy atom. The van der Waals surface area contributed by atoms with Gasteiger partial charge in [-0.2, -0.15) is 0 Å². The first kappa shape index (κ1) is 18.1. The number of hydrogen-bond donors (Lipinski definition) is 2. The maximum absolute atomic E-state index is 10.8. The monoisotopic (exact) mass is 350 g/mol. The molecule has 138 valence electrons. The first-order valence-electron chi connectivity index (χ1n) is 8.96. The molecule has 0 bridgehead atoms. The molecule has 2 aliphatic rings. The lowest BCUT2D eigenvalue weighted by atomic mass is 9.71. The standard InChI is InChI=1S/C18H26N2O5/c21-16(13-25-17-6-3-5-15(10-17)20(23)24)12-19-9-8-18(22)7-2-1-4-14(18)11-19/h3,5-6,10,14,16,21-22H,1-2,4,7-9,11-13H2. The van der Waals surface area contributed by atoms with Crippen LogP contribution in [0.15, 0.2) is 24.3 Å². The Morgan fingerprint density at radius 1 is 1.40 bits per heavy atom. The van der Waals surface area contributed by atoms with Crippen LogP contribution in [0, 0.1) is 16.0 Å². The molecule has 7 nitrogen and oxygen atoms in total. The number of nitro groups is 1. The fraction of sp³-hybridized carbons (Fsp3) is 0.667. The molecule has 0 spiro atoms. The third-order valence-electron chi connectivity index (χ3n) is 5.45. The molecule has 3 unspecified atom stereocenters. The van der Waals surface area contributed by atoms with Crippen LogP contribution in [-0.2, 0) is 0 Å². The summed E-state index contributed by atoms with van der Waals surface area (Å²) in [6.45, 7) is 2.17. The molecular formula is C18H26N2O5. The molecule has 1 aromatic carbocycles. The summed E-state index contributed by atoms with van der Waals surface area (Å²) in [5.41, 5.74) is -0.543. The van der Waals surface area contributed by atoms with Gasteiger partial charge in [0.25, 0.3) is 5.69 Å². The minimum Gasteiger partial charge on any atom is -0.491 e. The number of aliphatic hydroxyl groups is 2. The third kappa shape index (κ3) is 4.48. The van der Waals surface area contributed by atoms with E-state index in [0.717, 1.165) is 38.8 Å². The molecule has 1 aliphatic heterocycles. The first-order chi connectivity index (χ1) is 12.0. The molecular weight excluding hydrogens is 324 g/mol. The van der Waals surface area contributed by atoms with Gasteiger partial charge in [0.1, 0.15) is 18.5 Å². The minimum absolute atomic E-state index is 0.0281. The molecule has 2 fully saturated rings. The molecule has 7 heteroatoms. The Labute approximate surface area is 147 Å². The lowest BCUT2D eigenvalue weighted by Crippen LogP contribution is -2.54. The molecule has 2 N–H and O–H groups in total. The molecule has 1 aliphatic carbocycles. The number of benzene rings is 1. The highest BCUT2D eigenvalue weighted by molar-refractivity contribution is 5.37. The lowest BCUT2D eigenvalue weighted by Gasteiger charge is -2.47. The number of hydrogen-bond acceptors (Lipinski definition) is 6. The number of ether oxygens (including phenoxy) is 1. The lowest BCUT2D eigenvalue weighted by molar-refractivity contribution is -0.384. The summed E-state index contributed by atoms with van der Waals surface area (Å²) >= 11 is 0. The molecule has 1 heterocycles. The van der Waals surface area contributed by atoms with Crippen molar-refractivity contribution in [2.45, 2.75) is 43.8 Å². The van der Waals surface area contributed by atoms with Crippen LogP contribution in [0.4, 0.5) is 5.69 Å². The summed E-state index contributed by atoms with van der Waals surface area (Å²) in [6, 6.07) is 5.97. The number of fused-ring (bicyclic) bond motifs is 1. The van der Waals surface area contributed by atoms with Crippen molar-refractivity contribution in [2.75, 3.05) is 26.2 Å². The predicted molar refractivity (Wildman–Crippen MR) is 92.6 cm³/mol. The van der Waals surface area contributed by atoms with Crippen molar-refractivity contribution in [1.29, 1.82) is 0 Å². The van der Waals surface area contributed by atoms with Gasteiger partial charge in [0, 0.05) is 31.6 Å². The molecule has 0 aromatic heterocycles. The molecule has 1 aromatic rings. The Hall–Kier alpha value is -1.70. The van der Waals surface area contributed by atoms with E-state index < -0.39 is 16.6 Å². The smallest absolute Gasteiger partial charge is 0.273 e. The zero-order valence-corrected chi connectivity index (χ0v) is 14.3. The zero-order chi connectivity index (χ0) is 17.9. The average molecular weight is 350 g/mol. The van der Waals surface area contributed by atoms with E-state index in [1.807, 2.05) is 0 Å². The Balaban J connectivity index is 1.47. The van der Waals surface area contributed by atoms with Crippen molar-refractivity contribution < 1.29 is 19.9 Å². The van der Waals surface area contributed by atoms with Gasteiger partial charge in [-0.1, -0.05) is 18.9 Å². The second-order valence-corrected chi connectivity index (χ2v) is 7.28. The van der Waals surface area contributed by atoms with E-state index in [0.29, 0.717) is 18.2 Å². The Kier molecular flexibility index (Phi) is 5.56. The van der Waals surface area contributed by atoms with E-state index in [4.69, 9.17) is 4.74 Å². The highest BCUT2D eigenvalue weighted by Crippen LogP contribution is 2.39. The molecule has 0 radical (unpaired) electrons. The normalized spacial score (nSPS) is 28.2. The molecule has 0 amide bonds. The van der Waals surface area contributed by atoms with Gasteiger partial charge in [-0.15, -0.1) is 0 Å². The summed E-state index contributed by atoms with van der Waals surface area (Å²) in [5.74, 6) is 0.674. The maximum atomic E-state index is 10.8. The second-order valence-electron chi connectivity index (χ2n) is 7.28. The van der Waals surface area contributed by atoms with Crippen molar-refractivity contribution in [2.24, 2.45) is 5.92 Å². The summed E-state index contributed by atoms with van der Waals surface area (Å²) in [4.78, 5) is 12.5. The van der Waals surface area contributed by atoms with E-state index in [2.05, 4.69) is 4.90 Å². The Bertz CT molecular complexity index is 611. The van der Waals surface area contributed by atoms with Gasteiger partial charge in [0.15, 0.2) is 0 Å². The average Bonchev–Trinajstić information content (AvgIpc) is 2.60. The van der Waals surface area contributed by atoms with Gasteiger partial charge in [-0.05, 0) is 25.3 Å². The van der Waals surface area contributed by atoms with Gasteiger partial charge in [0.2, 0.25) is 0 Å².